The third-order valence-electron chi connectivity index (χ3n) is 3.63. The Morgan fingerprint density at radius 3 is 2.52 bits per heavy atom. The second-order valence-electron chi connectivity index (χ2n) is 5.35. The van der Waals surface area contributed by atoms with Gasteiger partial charge in [0.05, 0.1) is 0 Å². The van der Waals surface area contributed by atoms with Crippen LogP contribution < -0.4 is 10.6 Å². The molecule has 0 fully saturated rings. The van der Waals surface area contributed by atoms with Crippen molar-refractivity contribution in [2.75, 3.05) is 39.8 Å². The Bertz CT molecular complexity index is 491. The lowest BCUT2D eigenvalue weighted by Crippen LogP contribution is -2.42. The van der Waals surface area contributed by atoms with E-state index in [2.05, 4.69) is 34.4 Å². The molecule has 0 heterocycles. The first-order valence-electron chi connectivity index (χ1n) is 8.21. The van der Waals surface area contributed by atoms with Crippen LogP contribution in [0.3, 0.4) is 0 Å². The lowest BCUT2D eigenvalue weighted by atomic mass is 10.1. The molecule has 0 unspecified atom stereocenters. The van der Waals surface area contributed by atoms with Crippen LogP contribution >= 0.6 is 0 Å². The molecule has 0 spiro atoms. The van der Waals surface area contributed by atoms with Gasteiger partial charge in [-0.25, -0.2) is 8.78 Å². The zero-order chi connectivity index (χ0) is 17.1. The van der Waals surface area contributed by atoms with Gasteiger partial charge in [0.25, 0.3) is 0 Å². The SMILES string of the molecule is CCCN(CC)CCNC(=NC)NCCc1cc(F)ccc1F. The molecule has 0 aliphatic rings. The van der Waals surface area contributed by atoms with E-state index in [4.69, 9.17) is 0 Å². The summed E-state index contributed by atoms with van der Waals surface area (Å²) in [6, 6.07) is 3.52. The molecule has 0 bridgehead atoms. The van der Waals surface area contributed by atoms with Crippen molar-refractivity contribution in [3.05, 3.63) is 35.4 Å². The summed E-state index contributed by atoms with van der Waals surface area (Å²) in [6.07, 6.45) is 1.54. The average Bonchev–Trinajstić information content (AvgIpc) is 2.55. The summed E-state index contributed by atoms with van der Waals surface area (Å²) in [5, 5.41) is 6.35. The molecular weight excluding hydrogens is 298 g/mol. The maximum atomic E-state index is 13.5. The van der Waals surface area contributed by atoms with Gasteiger partial charge < -0.3 is 15.5 Å². The predicted octanol–water partition coefficient (Wildman–Crippen LogP) is 2.40. The number of aliphatic imine (C=N–C) groups is 1. The molecule has 0 aliphatic carbocycles. The van der Waals surface area contributed by atoms with Gasteiger partial charge >= 0.3 is 0 Å². The number of guanidine groups is 1. The Labute approximate surface area is 138 Å². The highest BCUT2D eigenvalue weighted by Crippen LogP contribution is 2.09. The molecule has 4 nitrogen and oxygen atoms in total. The van der Waals surface area contributed by atoms with Crippen LogP contribution in [0.4, 0.5) is 8.78 Å². The first-order valence-corrected chi connectivity index (χ1v) is 8.21. The minimum absolute atomic E-state index is 0.369. The average molecular weight is 326 g/mol. The number of hydrogen-bond donors (Lipinski definition) is 2. The highest BCUT2D eigenvalue weighted by molar-refractivity contribution is 5.79. The number of hydrogen-bond acceptors (Lipinski definition) is 2. The molecule has 1 aromatic rings. The van der Waals surface area contributed by atoms with E-state index < -0.39 is 5.82 Å². The van der Waals surface area contributed by atoms with Crippen molar-refractivity contribution >= 4 is 5.96 Å². The van der Waals surface area contributed by atoms with Crippen molar-refractivity contribution < 1.29 is 8.78 Å². The Hall–Kier alpha value is -1.69. The van der Waals surface area contributed by atoms with Crippen LogP contribution in [-0.2, 0) is 6.42 Å². The fraction of sp³-hybridized carbons (Fsp3) is 0.588. The zero-order valence-corrected chi connectivity index (χ0v) is 14.3. The van der Waals surface area contributed by atoms with Crippen LogP contribution in [0.5, 0.6) is 0 Å². The Kier molecular flexibility index (Phi) is 9.21. The second kappa shape index (κ2) is 10.9. The molecule has 1 rings (SSSR count). The smallest absolute Gasteiger partial charge is 0.191 e. The quantitative estimate of drug-likeness (QED) is 0.541. The maximum Gasteiger partial charge on any atom is 0.191 e. The van der Waals surface area contributed by atoms with Crippen LogP contribution in [0.1, 0.15) is 25.8 Å². The van der Waals surface area contributed by atoms with E-state index in [0.717, 1.165) is 44.7 Å². The lowest BCUT2D eigenvalue weighted by molar-refractivity contribution is 0.293. The minimum Gasteiger partial charge on any atom is -0.356 e. The highest BCUT2D eigenvalue weighted by Gasteiger charge is 2.05. The Morgan fingerprint density at radius 2 is 1.87 bits per heavy atom. The van der Waals surface area contributed by atoms with Gasteiger partial charge in [-0.05, 0) is 49.7 Å². The van der Waals surface area contributed by atoms with Gasteiger partial charge in [0, 0.05) is 26.7 Å². The van der Waals surface area contributed by atoms with Gasteiger partial charge in [0.1, 0.15) is 11.6 Å². The van der Waals surface area contributed by atoms with E-state index in [-0.39, 0.29) is 5.82 Å². The first-order chi connectivity index (χ1) is 11.1. The summed E-state index contributed by atoms with van der Waals surface area (Å²) in [5.41, 5.74) is 0.369. The number of halogens is 2. The van der Waals surface area contributed by atoms with Gasteiger partial charge in [-0.1, -0.05) is 13.8 Å². The molecule has 2 N–H and O–H groups in total. The lowest BCUT2D eigenvalue weighted by Gasteiger charge is -2.20. The van der Waals surface area contributed by atoms with Crippen LogP contribution in [0, 0.1) is 11.6 Å². The molecule has 0 amide bonds. The molecular formula is C17H28F2N4. The molecule has 6 heteroatoms. The number of nitrogens with one attached hydrogen (secondary N) is 2. The minimum atomic E-state index is -0.417. The van der Waals surface area contributed by atoms with Gasteiger partial charge in [-0.3, -0.25) is 4.99 Å². The van der Waals surface area contributed by atoms with Crippen molar-refractivity contribution in [1.82, 2.24) is 15.5 Å². The summed E-state index contributed by atoms with van der Waals surface area (Å²) < 4.78 is 26.6. The van der Waals surface area contributed by atoms with Gasteiger partial charge in [0.2, 0.25) is 0 Å². The van der Waals surface area contributed by atoms with Gasteiger partial charge in [-0.15, -0.1) is 0 Å². The second-order valence-corrected chi connectivity index (χ2v) is 5.35. The molecule has 1 aromatic carbocycles. The van der Waals surface area contributed by atoms with E-state index in [1.807, 2.05) is 0 Å². The van der Waals surface area contributed by atoms with Crippen molar-refractivity contribution in [2.45, 2.75) is 26.7 Å². The van der Waals surface area contributed by atoms with Crippen LogP contribution in [0.2, 0.25) is 0 Å². The summed E-state index contributed by atoms with van der Waals surface area (Å²) in [6.45, 7) is 8.67. The molecule has 0 aliphatic heterocycles. The van der Waals surface area contributed by atoms with E-state index in [1.165, 1.54) is 6.07 Å². The van der Waals surface area contributed by atoms with E-state index in [9.17, 15) is 8.78 Å². The first kappa shape index (κ1) is 19.4. The molecule has 0 saturated carbocycles. The largest absolute Gasteiger partial charge is 0.356 e. The Balaban J connectivity index is 2.33. The highest BCUT2D eigenvalue weighted by atomic mass is 19.1. The maximum absolute atomic E-state index is 13.5. The van der Waals surface area contributed by atoms with Crippen LogP contribution in [0.25, 0.3) is 0 Å². The van der Waals surface area contributed by atoms with Crippen molar-refractivity contribution in [3.63, 3.8) is 0 Å². The van der Waals surface area contributed by atoms with Gasteiger partial charge in [0.15, 0.2) is 5.96 Å². The molecule has 0 saturated heterocycles. The molecule has 0 radical (unpaired) electrons. The third kappa shape index (κ3) is 7.41. The van der Waals surface area contributed by atoms with E-state index in [1.54, 1.807) is 7.05 Å². The summed E-state index contributed by atoms with van der Waals surface area (Å²) in [4.78, 5) is 6.50. The molecule has 23 heavy (non-hydrogen) atoms. The molecule has 0 atom stereocenters. The molecule has 0 aromatic heterocycles. The van der Waals surface area contributed by atoms with Crippen molar-refractivity contribution in [1.29, 1.82) is 0 Å². The van der Waals surface area contributed by atoms with Crippen molar-refractivity contribution in [2.24, 2.45) is 4.99 Å². The summed E-state index contributed by atoms with van der Waals surface area (Å²) >= 11 is 0. The van der Waals surface area contributed by atoms with E-state index in [0.29, 0.717) is 24.5 Å². The monoisotopic (exact) mass is 326 g/mol. The third-order valence-corrected chi connectivity index (χ3v) is 3.63. The number of rotatable bonds is 9. The van der Waals surface area contributed by atoms with Crippen LogP contribution in [0.15, 0.2) is 23.2 Å². The fourth-order valence-corrected chi connectivity index (χ4v) is 2.35. The summed E-state index contributed by atoms with van der Waals surface area (Å²) in [5.74, 6) is -0.122. The summed E-state index contributed by atoms with van der Waals surface area (Å²) in [7, 11) is 1.70. The standard InChI is InChI=1S/C17H28F2N4/c1-4-11-23(5-2)12-10-22-17(20-3)21-9-8-14-13-15(18)6-7-16(14)19/h6-7,13H,4-5,8-12H2,1-3H3,(H2,20,21,22). The van der Waals surface area contributed by atoms with Crippen molar-refractivity contribution in [3.8, 4) is 0 Å². The normalized spacial score (nSPS) is 11.8. The van der Waals surface area contributed by atoms with Gasteiger partial charge in [-0.2, -0.15) is 0 Å². The fourth-order valence-electron chi connectivity index (χ4n) is 2.35. The molecule has 130 valence electrons. The topological polar surface area (TPSA) is 39.7 Å². The number of nitrogens with zero attached hydrogens (tertiary/aromatic N) is 2. The number of likely N-dealkylation sites (N-methyl/N-ethyl adjacent to an activating group) is 1. The Morgan fingerprint density at radius 1 is 1.13 bits per heavy atom. The van der Waals surface area contributed by atoms with Crippen LogP contribution in [-0.4, -0.2) is 50.6 Å². The van der Waals surface area contributed by atoms with E-state index >= 15 is 0 Å². The zero-order valence-electron chi connectivity index (χ0n) is 14.3. The number of benzene rings is 1. The predicted molar refractivity (Wildman–Crippen MR) is 91.8 cm³/mol.